The molecule has 3 N–H and O–H groups in total. The number of aliphatic carboxylic acids is 2. The summed E-state index contributed by atoms with van der Waals surface area (Å²) in [5.41, 5.74) is 0.721. The van der Waals surface area contributed by atoms with Crippen molar-refractivity contribution in [1.82, 2.24) is 4.98 Å². The molecule has 0 unspecified atom stereocenters. The molecule has 1 aliphatic rings. The molecule has 1 saturated heterocycles. The summed E-state index contributed by atoms with van der Waals surface area (Å²) in [6.45, 7) is 4.70. The minimum atomic E-state index is -2.07. The van der Waals surface area contributed by atoms with Crippen LogP contribution < -0.4 is 25.0 Å². The predicted octanol–water partition coefficient (Wildman–Crippen LogP) is -1.07. The summed E-state index contributed by atoms with van der Waals surface area (Å²) in [5, 5.41) is 41.7. The van der Waals surface area contributed by atoms with E-state index in [0.717, 1.165) is 39.1 Å². The standard InChI is InChI=1S/C19H24N6O5.C2H2O4/c1-30-18-8-7-17(25(28)29)19(21-18)20-9-4-10-22-11-13-23(14-12-22)15-5-2-3-6-16(15)24(26)27;3-1(4)2(5)6/h2-3,5-8H,4,9-14H2,1H3,(H,20,21);(H,3,4)(H,5,6). The van der Waals surface area contributed by atoms with Crippen LogP contribution >= 0.6 is 0 Å². The van der Waals surface area contributed by atoms with Crippen molar-refractivity contribution in [3.05, 3.63) is 56.6 Å². The summed E-state index contributed by atoms with van der Waals surface area (Å²) >= 11 is 0. The number of carbonyl (C=O) groups is 2. The lowest BCUT2D eigenvalue weighted by Gasteiger charge is -2.33. The van der Waals surface area contributed by atoms with Gasteiger partial charge in [0.05, 0.1) is 49.7 Å². The average Bonchev–Trinajstić information content (AvgIpc) is 2.87. The third-order valence-electron chi connectivity index (χ3n) is 5.32. The Morgan fingerprint density at radius 2 is 1.72 bits per heavy atom. The van der Waals surface area contributed by atoms with Crippen molar-refractivity contribution >= 4 is 34.8 Å². The lowest BCUT2D eigenvalue weighted by atomic mass is 10.2. The molecule has 3 rings (SSSR count). The normalized spacial score (nSPS) is 13.2. The molecule has 0 saturated carbocycles. The first-order valence-corrected chi connectivity index (χ1v) is 10.8. The number of methoxy groups -OCH3 is 1. The van der Waals surface area contributed by atoms with Gasteiger partial charge in [-0.3, -0.25) is 20.2 Å². The number of rotatable bonds is 9. The maximum atomic E-state index is 11.2. The Morgan fingerprint density at radius 3 is 2.28 bits per heavy atom. The zero-order valence-corrected chi connectivity index (χ0v) is 19.4. The number of hydrogen-bond acceptors (Lipinski definition) is 11. The van der Waals surface area contributed by atoms with Gasteiger partial charge >= 0.3 is 11.7 Å². The number of carboxylic acids is 2. The van der Waals surface area contributed by atoms with Crippen molar-refractivity contribution in [3.8, 4) is 5.88 Å². The Balaban J connectivity index is 0.000000678. The molecule has 2 heterocycles. The lowest BCUT2D eigenvalue weighted by molar-refractivity contribution is -0.900. The lowest BCUT2D eigenvalue weighted by Crippen LogP contribution is -3.14. The van der Waals surface area contributed by atoms with E-state index in [4.69, 9.17) is 24.5 Å². The van der Waals surface area contributed by atoms with E-state index in [0.29, 0.717) is 18.1 Å². The van der Waals surface area contributed by atoms with Gasteiger partial charge < -0.3 is 34.9 Å². The van der Waals surface area contributed by atoms with Crippen LogP contribution in [-0.4, -0.2) is 78.3 Å². The van der Waals surface area contributed by atoms with E-state index in [2.05, 4.69) is 15.2 Å². The topological polar surface area (TPSA) is 206 Å². The van der Waals surface area contributed by atoms with Crippen molar-refractivity contribution in [2.24, 2.45) is 0 Å². The fraction of sp³-hybridized carbons (Fsp3) is 0.381. The van der Waals surface area contributed by atoms with Gasteiger partial charge in [-0.05, 0) is 6.07 Å². The maximum Gasteiger partial charge on any atom is 0.351 e. The number of aromatic nitrogens is 1. The van der Waals surface area contributed by atoms with Crippen LogP contribution in [0, 0.1) is 20.2 Å². The van der Waals surface area contributed by atoms with E-state index in [9.17, 15) is 20.2 Å². The number of nitro benzene ring substituents is 1. The monoisotopic (exact) mass is 506 g/mol. The highest BCUT2D eigenvalue weighted by molar-refractivity contribution is 6.26. The Morgan fingerprint density at radius 1 is 1.11 bits per heavy atom. The van der Waals surface area contributed by atoms with Crippen molar-refractivity contribution in [3.63, 3.8) is 0 Å². The summed E-state index contributed by atoms with van der Waals surface area (Å²) in [6, 6.07) is 9.66. The molecule has 2 aromatic rings. The number of benzene rings is 1. The Labute approximate surface area is 205 Å². The minimum Gasteiger partial charge on any atom is -0.539 e. The van der Waals surface area contributed by atoms with Crippen LogP contribution in [0.1, 0.15) is 6.42 Å². The SMILES string of the molecule is COc1ccc([N+](=O)[O-])c(NCCC[NH+]2CCN(c3ccccc3[N+](=O)[O-])CC2)n1.O=C([O-])C(=O)O. The minimum absolute atomic E-state index is 0.0822. The van der Waals surface area contributed by atoms with Crippen molar-refractivity contribution < 1.29 is 39.3 Å². The van der Waals surface area contributed by atoms with Crippen LogP contribution in [0.15, 0.2) is 36.4 Å². The van der Waals surface area contributed by atoms with Gasteiger partial charge in [0.1, 0.15) is 5.69 Å². The van der Waals surface area contributed by atoms with E-state index < -0.39 is 16.9 Å². The summed E-state index contributed by atoms with van der Waals surface area (Å²) in [6.07, 6.45) is 0.816. The van der Waals surface area contributed by atoms with Crippen LogP contribution in [-0.2, 0) is 9.59 Å². The molecule has 0 radical (unpaired) electrons. The second-order valence-electron chi connectivity index (χ2n) is 7.58. The van der Waals surface area contributed by atoms with Gasteiger partial charge in [-0.15, -0.1) is 0 Å². The molecule has 1 aromatic heterocycles. The van der Waals surface area contributed by atoms with Gasteiger partial charge in [0.15, 0.2) is 5.97 Å². The van der Waals surface area contributed by atoms with Gasteiger partial charge in [-0.25, -0.2) is 4.79 Å². The predicted molar refractivity (Wildman–Crippen MR) is 124 cm³/mol. The number of nitrogens with zero attached hydrogens (tertiary/aromatic N) is 4. The van der Waals surface area contributed by atoms with Crippen LogP contribution in [0.4, 0.5) is 22.9 Å². The number of carbonyl (C=O) groups excluding carboxylic acids is 1. The molecule has 1 fully saturated rings. The quantitative estimate of drug-likeness (QED) is 0.161. The molecule has 194 valence electrons. The van der Waals surface area contributed by atoms with Crippen LogP contribution in [0.5, 0.6) is 5.88 Å². The summed E-state index contributed by atoms with van der Waals surface area (Å²) in [7, 11) is 1.46. The van der Waals surface area contributed by atoms with Crippen LogP contribution in [0.25, 0.3) is 0 Å². The number of anilines is 2. The molecule has 0 spiro atoms. The summed E-state index contributed by atoms with van der Waals surface area (Å²) < 4.78 is 5.04. The molecule has 0 bridgehead atoms. The van der Waals surface area contributed by atoms with E-state index in [1.807, 2.05) is 6.07 Å². The van der Waals surface area contributed by atoms with Gasteiger partial charge in [0.2, 0.25) is 11.7 Å². The number of ether oxygens (including phenoxy) is 1. The second kappa shape index (κ2) is 13.4. The number of hydrogen-bond donors (Lipinski definition) is 3. The Bertz CT molecular complexity index is 1080. The number of carboxylic acid groups (broad SMARTS) is 2. The first-order chi connectivity index (χ1) is 17.1. The van der Waals surface area contributed by atoms with Gasteiger partial charge in [0, 0.05) is 31.2 Å². The smallest absolute Gasteiger partial charge is 0.351 e. The zero-order chi connectivity index (χ0) is 26.7. The van der Waals surface area contributed by atoms with Gasteiger partial charge in [-0.1, -0.05) is 12.1 Å². The fourth-order valence-corrected chi connectivity index (χ4v) is 3.57. The number of nitro groups is 2. The Kier molecular flexibility index (Phi) is 10.3. The molecule has 1 aliphatic heterocycles. The maximum absolute atomic E-state index is 11.2. The molecule has 1 aromatic carbocycles. The summed E-state index contributed by atoms with van der Waals surface area (Å²) in [4.78, 5) is 47.2. The largest absolute Gasteiger partial charge is 0.539 e. The molecule has 15 heteroatoms. The highest BCUT2D eigenvalue weighted by Gasteiger charge is 2.25. The van der Waals surface area contributed by atoms with E-state index in [1.54, 1.807) is 12.1 Å². The molecular weight excluding hydrogens is 480 g/mol. The first kappa shape index (κ1) is 27.7. The second-order valence-corrected chi connectivity index (χ2v) is 7.58. The molecular formula is C21H26N6O9. The number of para-hydroxylation sites is 2. The van der Waals surface area contributed by atoms with Crippen LogP contribution in [0.2, 0.25) is 0 Å². The molecule has 36 heavy (non-hydrogen) atoms. The fourth-order valence-electron chi connectivity index (χ4n) is 3.57. The highest BCUT2D eigenvalue weighted by atomic mass is 16.6. The Hall–Kier alpha value is -4.53. The van der Waals surface area contributed by atoms with E-state index in [-0.39, 0.29) is 22.1 Å². The molecule has 15 nitrogen and oxygen atoms in total. The number of nitrogens with one attached hydrogen (secondary N) is 2. The van der Waals surface area contributed by atoms with Crippen molar-refractivity contribution in [2.75, 3.05) is 56.6 Å². The van der Waals surface area contributed by atoms with E-state index in [1.165, 1.54) is 30.2 Å². The summed E-state index contributed by atoms with van der Waals surface area (Å²) in [5.74, 6) is -3.49. The number of pyridine rings is 1. The number of piperazine rings is 1. The average molecular weight is 506 g/mol. The van der Waals surface area contributed by atoms with Crippen LogP contribution in [0.3, 0.4) is 0 Å². The third kappa shape index (κ3) is 8.05. The zero-order valence-electron chi connectivity index (χ0n) is 19.4. The van der Waals surface area contributed by atoms with Crippen molar-refractivity contribution in [1.29, 1.82) is 0 Å². The third-order valence-corrected chi connectivity index (χ3v) is 5.32. The molecule has 0 aliphatic carbocycles. The number of quaternary nitrogens is 1. The first-order valence-electron chi connectivity index (χ1n) is 10.8. The highest BCUT2D eigenvalue weighted by Crippen LogP contribution is 2.27. The molecule has 0 amide bonds. The van der Waals surface area contributed by atoms with Gasteiger partial charge in [0.25, 0.3) is 5.69 Å². The van der Waals surface area contributed by atoms with Crippen molar-refractivity contribution in [2.45, 2.75) is 6.42 Å². The van der Waals surface area contributed by atoms with E-state index >= 15 is 0 Å². The van der Waals surface area contributed by atoms with Gasteiger partial charge in [-0.2, -0.15) is 4.98 Å². The molecule has 0 atom stereocenters.